The number of aliphatic carboxylic acids is 1. The minimum Gasteiger partial charge on any atom is -0.480 e. The van der Waals surface area contributed by atoms with Crippen LogP contribution in [-0.4, -0.2) is 31.9 Å². The SMILES string of the molecule is O=C(O)CNc1ccc(/C=C2\Sc3cc(S(=O)(=O)Cc4c(F)cccc4F)ccc3NC2=O)cc1. The van der Waals surface area contributed by atoms with Crippen molar-refractivity contribution in [2.45, 2.75) is 15.5 Å². The number of sulfone groups is 1. The number of hydrogen-bond acceptors (Lipinski definition) is 6. The molecule has 1 aliphatic heterocycles. The second kappa shape index (κ2) is 9.88. The van der Waals surface area contributed by atoms with Gasteiger partial charge in [0.05, 0.1) is 21.2 Å². The predicted octanol–water partition coefficient (Wildman–Crippen LogP) is 4.52. The van der Waals surface area contributed by atoms with E-state index in [1.807, 2.05) is 0 Å². The molecule has 180 valence electrons. The molecule has 0 saturated carbocycles. The molecular weight excluding hydrogens is 498 g/mol. The zero-order valence-corrected chi connectivity index (χ0v) is 19.6. The molecular formula is C24H18F2N2O5S2. The number of anilines is 2. The van der Waals surface area contributed by atoms with Gasteiger partial charge in [0.1, 0.15) is 18.2 Å². The molecule has 0 bridgehead atoms. The fourth-order valence-corrected chi connectivity index (χ4v) is 5.76. The summed E-state index contributed by atoms with van der Waals surface area (Å²) >= 11 is 1.06. The van der Waals surface area contributed by atoms with Crippen LogP contribution >= 0.6 is 11.8 Å². The number of halogens is 2. The van der Waals surface area contributed by atoms with Crippen molar-refractivity contribution in [3.63, 3.8) is 0 Å². The number of benzene rings is 3. The second-order valence-electron chi connectivity index (χ2n) is 7.55. The van der Waals surface area contributed by atoms with Gasteiger partial charge in [-0.25, -0.2) is 17.2 Å². The van der Waals surface area contributed by atoms with E-state index in [-0.39, 0.29) is 17.3 Å². The van der Waals surface area contributed by atoms with Crippen molar-refractivity contribution in [2.24, 2.45) is 0 Å². The van der Waals surface area contributed by atoms with Crippen LogP contribution in [0.25, 0.3) is 6.08 Å². The van der Waals surface area contributed by atoms with Crippen LogP contribution in [0.3, 0.4) is 0 Å². The molecule has 0 saturated heterocycles. The molecule has 7 nitrogen and oxygen atoms in total. The largest absolute Gasteiger partial charge is 0.480 e. The van der Waals surface area contributed by atoms with Crippen molar-refractivity contribution in [3.8, 4) is 0 Å². The maximum Gasteiger partial charge on any atom is 0.322 e. The lowest BCUT2D eigenvalue weighted by Crippen LogP contribution is -2.18. The normalized spacial score (nSPS) is 14.3. The van der Waals surface area contributed by atoms with Crippen molar-refractivity contribution in [1.82, 2.24) is 0 Å². The van der Waals surface area contributed by atoms with Crippen molar-refractivity contribution in [1.29, 1.82) is 0 Å². The number of carboxylic acids is 1. The molecule has 0 spiro atoms. The van der Waals surface area contributed by atoms with Crippen LogP contribution in [0.5, 0.6) is 0 Å². The van der Waals surface area contributed by atoms with Crippen LogP contribution in [0.2, 0.25) is 0 Å². The highest BCUT2D eigenvalue weighted by atomic mass is 32.2. The Morgan fingerprint density at radius 1 is 1.06 bits per heavy atom. The van der Waals surface area contributed by atoms with Gasteiger partial charge in [0, 0.05) is 16.1 Å². The summed E-state index contributed by atoms with van der Waals surface area (Å²) in [6.07, 6.45) is 1.61. The smallest absolute Gasteiger partial charge is 0.322 e. The Labute approximate surface area is 203 Å². The molecule has 1 aliphatic rings. The van der Waals surface area contributed by atoms with Crippen molar-refractivity contribution in [2.75, 3.05) is 17.2 Å². The number of carboxylic acid groups (broad SMARTS) is 1. The lowest BCUT2D eigenvalue weighted by molar-refractivity contribution is -0.135. The molecule has 35 heavy (non-hydrogen) atoms. The topological polar surface area (TPSA) is 113 Å². The standard InChI is InChI=1S/C24H18F2N2O5S2/c25-18-2-1-3-19(26)17(18)13-35(32,33)16-8-9-20-21(11-16)34-22(24(31)28-20)10-14-4-6-15(7-5-14)27-12-23(29)30/h1-11,27H,12-13H2,(H,28,31)(H,29,30)/b22-10-. The van der Waals surface area contributed by atoms with E-state index in [4.69, 9.17) is 5.11 Å². The number of fused-ring (bicyclic) bond motifs is 1. The molecule has 3 aromatic carbocycles. The maximum absolute atomic E-state index is 14.0. The van der Waals surface area contributed by atoms with Gasteiger partial charge < -0.3 is 15.7 Å². The molecule has 3 N–H and O–H groups in total. The number of hydrogen-bond donors (Lipinski definition) is 3. The summed E-state index contributed by atoms with van der Waals surface area (Å²) in [7, 11) is -4.07. The van der Waals surface area contributed by atoms with Gasteiger partial charge in [-0.05, 0) is 54.1 Å². The van der Waals surface area contributed by atoms with Gasteiger partial charge in [-0.3, -0.25) is 9.59 Å². The zero-order valence-electron chi connectivity index (χ0n) is 17.9. The molecule has 1 amide bonds. The lowest BCUT2D eigenvalue weighted by Gasteiger charge is -2.19. The first kappa shape index (κ1) is 24.4. The highest BCUT2D eigenvalue weighted by Crippen LogP contribution is 2.40. The van der Waals surface area contributed by atoms with Crippen molar-refractivity contribution < 1.29 is 31.9 Å². The molecule has 1 heterocycles. The van der Waals surface area contributed by atoms with Crippen LogP contribution in [0, 0.1) is 11.6 Å². The van der Waals surface area contributed by atoms with E-state index >= 15 is 0 Å². The van der Waals surface area contributed by atoms with Gasteiger partial charge in [-0.1, -0.05) is 30.0 Å². The van der Waals surface area contributed by atoms with Crippen molar-refractivity contribution in [3.05, 3.63) is 88.3 Å². The Kier molecular flexibility index (Phi) is 6.90. The first-order valence-electron chi connectivity index (χ1n) is 10.2. The zero-order chi connectivity index (χ0) is 25.2. The Bertz CT molecular complexity index is 1430. The van der Waals surface area contributed by atoms with Gasteiger partial charge in [-0.15, -0.1) is 0 Å². The third-order valence-electron chi connectivity index (χ3n) is 5.05. The second-order valence-corrected chi connectivity index (χ2v) is 10.6. The fraction of sp³-hybridized carbons (Fsp3) is 0.0833. The Hall–Kier alpha value is -3.70. The highest BCUT2D eigenvalue weighted by Gasteiger charge is 2.25. The minimum atomic E-state index is -4.07. The number of thioether (sulfide) groups is 1. The fourth-order valence-electron chi connectivity index (χ4n) is 3.30. The summed E-state index contributed by atoms with van der Waals surface area (Å²) in [5.41, 5.74) is 1.15. The van der Waals surface area contributed by atoms with E-state index in [1.165, 1.54) is 18.2 Å². The molecule has 0 fully saturated rings. The summed E-state index contributed by atoms with van der Waals surface area (Å²) in [5, 5.41) is 14.2. The summed E-state index contributed by atoms with van der Waals surface area (Å²) < 4.78 is 53.7. The molecule has 11 heteroatoms. The first-order chi connectivity index (χ1) is 16.6. The van der Waals surface area contributed by atoms with Gasteiger partial charge >= 0.3 is 5.97 Å². The van der Waals surface area contributed by atoms with E-state index < -0.39 is 38.8 Å². The van der Waals surface area contributed by atoms with Crippen LogP contribution < -0.4 is 10.6 Å². The summed E-state index contributed by atoms with van der Waals surface area (Å²) in [4.78, 5) is 23.8. The van der Waals surface area contributed by atoms with Crippen LogP contribution in [0.15, 0.2) is 75.4 Å². The molecule has 4 rings (SSSR count). The summed E-state index contributed by atoms with van der Waals surface area (Å²) in [6.45, 7) is -0.232. The van der Waals surface area contributed by atoms with Gasteiger partial charge in [-0.2, -0.15) is 0 Å². The van der Waals surface area contributed by atoms with Gasteiger partial charge in [0.25, 0.3) is 5.91 Å². The highest BCUT2D eigenvalue weighted by molar-refractivity contribution is 8.04. The average molecular weight is 517 g/mol. The Morgan fingerprint density at radius 3 is 2.40 bits per heavy atom. The monoisotopic (exact) mass is 516 g/mol. The van der Waals surface area contributed by atoms with E-state index in [2.05, 4.69) is 10.6 Å². The van der Waals surface area contributed by atoms with Crippen molar-refractivity contribution >= 4 is 50.9 Å². The van der Waals surface area contributed by atoms with E-state index in [0.29, 0.717) is 26.7 Å². The van der Waals surface area contributed by atoms with E-state index in [0.717, 1.165) is 30.0 Å². The number of carbonyl (C=O) groups is 2. The lowest BCUT2D eigenvalue weighted by atomic mass is 10.2. The van der Waals surface area contributed by atoms with Crippen LogP contribution in [0.4, 0.5) is 20.2 Å². The number of amides is 1. The Morgan fingerprint density at radius 2 is 1.74 bits per heavy atom. The average Bonchev–Trinajstić information content (AvgIpc) is 2.81. The van der Waals surface area contributed by atoms with Gasteiger partial charge in [0.2, 0.25) is 0 Å². The number of carbonyl (C=O) groups excluding carboxylic acids is 1. The molecule has 0 atom stereocenters. The van der Waals surface area contributed by atoms with E-state index in [9.17, 15) is 26.8 Å². The maximum atomic E-state index is 14.0. The Balaban J connectivity index is 1.57. The molecule has 0 radical (unpaired) electrons. The molecule has 0 aromatic heterocycles. The summed E-state index contributed by atoms with van der Waals surface area (Å²) in [5.74, 6) is -4.10. The molecule has 0 unspecified atom stereocenters. The molecule has 3 aromatic rings. The third kappa shape index (κ3) is 5.69. The van der Waals surface area contributed by atoms with Crippen LogP contribution in [-0.2, 0) is 25.2 Å². The quantitative estimate of drug-likeness (QED) is 0.396. The van der Waals surface area contributed by atoms with Gasteiger partial charge in [0.15, 0.2) is 9.84 Å². The minimum absolute atomic E-state index is 0.129. The third-order valence-corrected chi connectivity index (χ3v) is 7.77. The number of rotatable bonds is 7. The predicted molar refractivity (Wildman–Crippen MR) is 129 cm³/mol. The van der Waals surface area contributed by atoms with E-state index in [1.54, 1.807) is 30.3 Å². The number of nitrogens with one attached hydrogen (secondary N) is 2. The van der Waals surface area contributed by atoms with Crippen LogP contribution in [0.1, 0.15) is 11.1 Å². The first-order valence-corrected chi connectivity index (χ1v) is 12.7. The summed E-state index contributed by atoms with van der Waals surface area (Å²) in [6, 6.07) is 14.0. The molecule has 0 aliphatic carbocycles.